The van der Waals surface area contributed by atoms with Gasteiger partial charge in [0.25, 0.3) is 0 Å². The molecule has 1 amide bonds. The minimum atomic E-state index is 0.145. The third kappa shape index (κ3) is 5.77. The molecule has 2 heteroatoms. The maximum Gasteiger partial charge on any atom is 0.219 e. The Hall–Kier alpha value is -1.31. The average Bonchev–Trinajstić information content (AvgIpc) is 2.96. The molecule has 1 unspecified atom stereocenters. The molecule has 2 nitrogen and oxygen atoms in total. The number of benzene rings is 1. The number of carbonyl (C=O) groups is 1. The lowest BCUT2D eigenvalue weighted by molar-refractivity contribution is -0.129. The van der Waals surface area contributed by atoms with Gasteiger partial charge in [-0.05, 0) is 24.0 Å². The topological polar surface area (TPSA) is 20.3 Å². The Balaban J connectivity index is 0. The molecule has 0 saturated carbocycles. The molecule has 0 N–H and O–H groups in total. The fourth-order valence-corrected chi connectivity index (χ4v) is 2.16. The maximum absolute atomic E-state index is 11.3. The first-order valence-electron chi connectivity index (χ1n) is 8.01. The number of amides is 1. The third-order valence-electron chi connectivity index (χ3n) is 3.07. The van der Waals surface area contributed by atoms with Crippen LogP contribution in [0.4, 0.5) is 0 Å². The Labute approximate surface area is 126 Å². The van der Waals surface area contributed by atoms with Crippen LogP contribution in [0.1, 0.15) is 72.1 Å². The van der Waals surface area contributed by atoms with Crippen molar-refractivity contribution >= 4 is 5.91 Å². The zero-order valence-electron chi connectivity index (χ0n) is 14.7. The standard InChI is InChI=1S/C12H15NO.3C2H6/c1-9(14)13(2)12-8-7-10-5-3-4-6-11(10)12;3*1-2/h3-6,12H,7-8H2,1-2H3;3*1-2H3. The summed E-state index contributed by atoms with van der Waals surface area (Å²) in [6, 6.07) is 8.69. The van der Waals surface area contributed by atoms with E-state index in [9.17, 15) is 4.79 Å². The number of rotatable bonds is 1. The van der Waals surface area contributed by atoms with Gasteiger partial charge < -0.3 is 4.90 Å². The average molecular weight is 279 g/mol. The summed E-state index contributed by atoms with van der Waals surface area (Å²) in [5, 5.41) is 0. The molecule has 0 radical (unpaired) electrons. The van der Waals surface area contributed by atoms with Gasteiger partial charge in [-0.25, -0.2) is 0 Å². The molecule has 0 aromatic heterocycles. The Morgan fingerprint density at radius 3 is 2.05 bits per heavy atom. The van der Waals surface area contributed by atoms with Crippen LogP contribution < -0.4 is 0 Å². The van der Waals surface area contributed by atoms with Crippen LogP contribution in [0.5, 0.6) is 0 Å². The fourth-order valence-electron chi connectivity index (χ4n) is 2.16. The molecule has 116 valence electrons. The SMILES string of the molecule is CC.CC.CC.CC(=O)N(C)C1CCc2ccccc21. The van der Waals surface area contributed by atoms with Crippen LogP contribution in [0.25, 0.3) is 0 Å². The molecular formula is C18H33NO. The van der Waals surface area contributed by atoms with Gasteiger partial charge in [0, 0.05) is 14.0 Å². The minimum Gasteiger partial charge on any atom is -0.339 e. The highest BCUT2D eigenvalue weighted by Gasteiger charge is 2.26. The molecule has 2 rings (SSSR count). The lowest BCUT2D eigenvalue weighted by Crippen LogP contribution is -2.27. The van der Waals surface area contributed by atoms with Gasteiger partial charge in [-0.3, -0.25) is 4.79 Å². The monoisotopic (exact) mass is 279 g/mol. The van der Waals surface area contributed by atoms with Gasteiger partial charge in [0.05, 0.1) is 6.04 Å². The second-order valence-electron chi connectivity index (χ2n) is 3.88. The molecule has 0 fully saturated rings. The van der Waals surface area contributed by atoms with E-state index in [2.05, 4.69) is 18.2 Å². The van der Waals surface area contributed by atoms with E-state index >= 15 is 0 Å². The molecular weight excluding hydrogens is 246 g/mol. The number of carbonyl (C=O) groups excluding carboxylic acids is 1. The molecule has 1 aromatic rings. The highest BCUT2D eigenvalue weighted by molar-refractivity contribution is 5.73. The van der Waals surface area contributed by atoms with Crippen molar-refractivity contribution in [2.75, 3.05) is 7.05 Å². The predicted molar refractivity (Wildman–Crippen MR) is 90.0 cm³/mol. The first-order valence-corrected chi connectivity index (χ1v) is 8.01. The first kappa shape index (κ1) is 21.0. The smallest absolute Gasteiger partial charge is 0.219 e. The van der Waals surface area contributed by atoms with Crippen molar-refractivity contribution in [3.8, 4) is 0 Å². The van der Waals surface area contributed by atoms with Crippen molar-refractivity contribution in [2.24, 2.45) is 0 Å². The summed E-state index contributed by atoms with van der Waals surface area (Å²) < 4.78 is 0. The molecule has 1 atom stereocenters. The normalized spacial score (nSPS) is 14.3. The van der Waals surface area contributed by atoms with Gasteiger partial charge in [-0.2, -0.15) is 0 Å². The summed E-state index contributed by atoms with van der Waals surface area (Å²) in [6.07, 6.45) is 2.16. The Morgan fingerprint density at radius 2 is 1.55 bits per heavy atom. The molecule has 1 aliphatic carbocycles. The number of hydrogen-bond acceptors (Lipinski definition) is 1. The van der Waals surface area contributed by atoms with Crippen molar-refractivity contribution in [1.29, 1.82) is 0 Å². The van der Waals surface area contributed by atoms with E-state index in [0.29, 0.717) is 6.04 Å². The van der Waals surface area contributed by atoms with E-state index in [1.54, 1.807) is 6.92 Å². The number of hydrogen-bond donors (Lipinski definition) is 0. The molecule has 1 aromatic carbocycles. The molecule has 0 heterocycles. The van der Waals surface area contributed by atoms with Gasteiger partial charge in [0.1, 0.15) is 0 Å². The second kappa shape index (κ2) is 12.7. The molecule has 20 heavy (non-hydrogen) atoms. The highest BCUT2D eigenvalue weighted by Crippen LogP contribution is 2.34. The van der Waals surface area contributed by atoms with Gasteiger partial charge in [0.15, 0.2) is 0 Å². The molecule has 0 saturated heterocycles. The number of nitrogens with zero attached hydrogens (tertiary/aromatic N) is 1. The first-order chi connectivity index (χ1) is 9.70. The quantitative estimate of drug-likeness (QED) is 0.689. The number of fused-ring (bicyclic) bond motifs is 1. The van der Waals surface area contributed by atoms with Gasteiger partial charge in [-0.1, -0.05) is 65.8 Å². The Morgan fingerprint density at radius 1 is 1.05 bits per heavy atom. The third-order valence-corrected chi connectivity index (χ3v) is 3.07. The summed E-state index contributed by atoms with van der Waals surface area (Å²) in [5.41, 5.74) is 2.72. The van der Waals surface area contributed by atoms with Crippen LogP contribution >= 0.6 is 0 Å². The van der Waals surface area contributed by atoms with Crippen LogP contribution in [0.2, 0.25) is 0 Å². The summed E-state index contributed by atoms with van der Waals surface area (Å²) in [5.74, 6) is 0.145. The minimum absolute atomic E-state index is 0.145. The Kier molecular flexibility index (Phi) is 13.3. The van der Waals surface area contributed by atoms with Gasteiger partial charge in [0.2, 0.25) is 5.91 Å². The zero-order valence-corrected chi connectivity index (χ0v) is 14.7. The summed E-state index contributed by atoms with van der Waals surface area (Å²) >= 11 is 0. The number of aryl methyl sites for hydroxylation is 1. The van der Waals surface area contributed by atoms with Crippen LogP contribution in [-0.2, 0) is 11.2 Å². The summed E-state index contributed by atoms with van der Waals surface area (Å²) in [7, 11) is 1.88. The zero-order chi connectivity index (χ0) is 16.1. The second-order valence-corrected chi connectivity index (χ2v) is 3.88. The largest absolute Gasteiger partial charge is 0.339 e. The van der Waals surface area contributed by atoms with E-state index in [1.807, 2.05) is 59.6 Å². The maximum atomic E-state index is 11.3. The van der Waals surface area contributed by atoms with Crippen molar-refractivity contribution in [2.45, 2.75) is 67.3 Å². The van der Waals surface area contributed by atoms with Crippen LogP contribution in [0.15, 0.2) is 24.3 Å². The predicted octanol–water partition coefficient (Wildman–Crippen LogP) is 5.23. The van der Waals surface area contributed by atoms with Crippen LogP contribution in [0, 0.1) is 0 Å². The van der Waals surface area contributed by atoms with E-state index in [0.717, 1.165) is 12.8 Å². The molecule has 1 aliphatic rings. The van der Waals surface area contributed by atoms with Crippen molar-refractivity contribution < 1.29 is 4.79 Å². The molecule has 0 bridgehead atoms. The van der Waals surface area contributed by atoms with Gasteiger partial charge >= 0.3 is 0 Å². The summed E-state index contributed by atoms with van der Waals surface area (Å²) in [4.78, 5) is 13.1. The lowest BCUT2D eigenvalue weighted by Gasteiger charge is -2.23. The van der Waals surface area contributed by atoms with Crippen molar-refractivity contribution in [3.05, 3.63) is 35.4 Å². The fraction of sp³-hybridized carbons (Fsp3) is 0.611. The summed E-state index contributed by atoms with van der Waals surface area (Å²) in [6.45, 7) is 13.6. The van der Waals surface area contributed by atoms with Crippen molar-refractivity contribution in [3.63, 3.8) is 0 Å². The van der Waals surface area contributed by atoms with Crippen molar-refractivity contribution in [1.82, 2.24) is 4.90 Å². The van der Waals surface area contributed by atoms with E-state index in [4.69, 9.17) is 0 Å². The highest BCUT2D eigenvalue weighted by atomic mass is 16.2. The van der Waals surface area contributed by atoms with Crippen LogP contribution in [0.3, 0.4) is 0 Å². The van der Waals surface area contributed by atoms with E-state index in [1.165, 1.54) is 11.1 Å². The van der Waals surface area contributed by atoms with Crippen LogP contribution in [-0.4, -0.2) is 17.9 Å². The van der Waals surface area contributed by atoms with E-state index < -0.39 is 0 Å². The lowest BCUT2D eigenvalue weighted by atomic mass is 10.1. The Bertz CT molecular complexity index is 360. The van der Waals surface area contributed by atoms with Gasteiger partial charge in [-0.15, -0.1) is 0 Å². The molecule has 0 spiro atoms. The molecule has 0 aliphatic heterocycles. The van der Waals surface area contributed by atoms with E-state index in [-0.39, 0.29) is 5.91 Å².